The molecule has 0 aliphatic carbocycles. The zero-order valence-corrected chi connectivity index (χ0v) is 15.3. The number of morpholine rings is 1. The number of ether oxygens (including phenoxy) is 1. The molecule has 11 nitrogen and oxygen atoms in total. The van der Waals surface area contributed by atoms with Crippen molar-refractivity contribution < 1.29 is 34.1 Å². The van der Waals surface area contributed by atoms with E-state index in [0.29, 0.717) is 32.0 Å². The molecule has 1 aromatic rings. The molecule has 0 saturated carbocycles. The molecule has 1 heterocycles. The van der Waals surface area contributed by atoms with Crippen LogP contribution in [0, 0.1) is 10.1 Å². The molecule has 3 atom stereocenters. The van der Waals surface area contributed by atoms with Gasteiger partial charge in [0.05, 0.1) is 18.1 Å². The number of carboxylic acid groups (broad SMARTS) is 1. The van der Waals surface area contributed by atoms with Gasteiger partial charge in [-0.25, -0.2) is 0 Å². The SMILES string of the molecule is N[C@@H](CCP(=O)(O)C(O)c1ccc(N2CCOCC2)c([N+](=O)[O-])c1)C(=O)O. The van der Waals surface area contributed by atoms with Gasteiger partial charge in [-0.05, 0) is 18.1 Å². The topological polar surface area (TPSA) is 176 Å². The second-order valence-corrected chi connectivity index (χ2v) is 8.64. The summed E-state index contributed by atoms with van der Waals surface area (Å²) in [5.74, 6) is -3.20. The maximum Gasteiger partial charge on any atom is 0.320 e. The molecule has 2 unspecified atom stereocenters. The molecular weight excluding hydrogens is 381 g/mol. The number of aliphatic hydroxyl groups excluding tert-OH is 1. The van der Waals surface area contributed by atoms with Crippen LogP contribution >= 0.6 is 7.37 Å². The summed E-state index contributed by atoms with van der Waals surface area (Å²) in [6.45, 7) is 1.79. The molecule has 0 amide bonds. The lowest BCUT2D eigenvalue weighted by atomic mass is 10.1. The summed E-state index contributed by atoms with van der Waals surface area (Å²) < 4.78 is 17.6. The molecule has 0 aromatic heterocycles. The van der Waals surface area contributed by atoms with Gasteiger partial charge in [-0.1, -0.05) is 6.07 Å². The van der Waals surface area contributed by atoms with E-state index in [9.17, 15) is 29.5 Å². The molecule has 1 aliphatic heterocycles. The van der Waals surface area contributed by atoms with Crippen LogP contribution in [0.3, 0.4) is 0 Å². The first-order chi connectivity index (χ1) is 12.6. The van der Waals surface area contributed by atoms with Crippen LogP contribution in [-0.4, -0.2) is 64.5 Å². The number of hydrogen-bond acceptors (Lipinski definition) is 8. The average Bonchev–Trinajstić information content (AvgIpc) is 2.65. The van der Waals surface area contributed by atoms with Crippen LogP contribution < -0.4 is 10.6 Å². The number of rotatable bonds is 8. The van der Waals surface area contributed by atoms with Crippen LogP contribution in [0.15, 0.2) is 18.2 Å². The normalized spacial score (nSPS) is 19.1. The van der Waals surface area contributed by atoms with Crippen molar-refractivity contribution in [1.29, 1.82) is 0 Å². The first-order valence-electron chi connectivity index (χ1n) is 8.22. The molecule has 1 fully saturated rings. The van der Waals surface area contributed by atoms with Gasteiger partial charge < -0.3 is 30.5 Å². The number of nitro groups is 1. The number of nitrogens with zero attached hydrogens (tertiary/aromatic N) is 2. The molecule has 150 valence electrons. The number of aliphatic carboxylic acids is 1. The quantitative estimate of drug-likeness (QED) is 0.271. The van der Waals surface area contributed by atoms with E-state index in [2.05, 4.69) is 0 Å². The molecule has 2 rings (SSSR count). The number of anilines is 1. The van der Waals surface area contributed by atoms with Gasteiger partial charge in [0.25, 0.3) is 5.69 Å². The van der Waals surface area contributed by atoms with Crippen LogP contribution in [0.25, 0.3) is 0 Å². The number of nitro benzene ring substituents is 1. The zero-order valence-electron chi connectivity index (χ0n) is 14.4. The highest BCUT2D eigenvalue weighted by atomic mass is 31.2. The van der Waals surface area contributed by atoms with Gasteiger partial charge in [0, 0.05) is 25.3 Å². The lowest BCUT2D eigenvalue weighted by Crippen LogP contribution is -2.36. The van der Waals surface area contributed by atoms with E-state index in [1.165, 1.54) is 12.1 Å². The Morgan fingerprint density at radius 1 is 1.41 bits per heavy atom. The molecule has 12 heteroatoms. The monoisotopic (exact) mass is 403 g/mol. The van der Waals surface area contributed by atoms with Gasteiger partial charge in [-0.2, -0.15) is 0 Å². The van der Waals surface area contributed by atoms with Crippen LogP contribution in [0.2, 0.25) is 0 Å². The molecule has 27 heavy (non-hydrogen) atoms. The Balaban J connectivity index is 2.24. The maximum atomic E-state index is 12.4. The Morgan fingerprint density at radius 2 is 2.04 bits per heavy atom. The van der Waals surface area contributed by atoms with Gasteiger partial charge in [0.2, 0.25) is 7.37 Å². The Labute approximate surface area is 154 Å². The summed E-state index contributed by atoms with van der Waals surface area (Å²) in [4.78, 5) is 33.4. The standard InChI is InChI=1S/C15H22N3O8P/c16-11(14(19)20)3-8-27(24,25)15(21)10-1-2-12(13(9-10)18(22)23)17-4-6-26-7-5-17/h1-2,9,11,15,21H,3-8,16H2,(H,19,20)(H,24,25)/t11-,15?/m0/s1. The number of carbonyl (C=O) groups is 1. The Morgan fingerprint density at radius 3 is 2.59 bits per heavy atom. The summed E-state index contributed by atoms with van der Waals surface area (Å²) in [5, 5.41) is 30.4. The number of nitrogens with two attached hydrogens (primary N) is 1. The number of benzene rings is 1. The van der Waals surface area contributed by atoms with E-state index in [-0.39, 0.29) is 17.7 Å². The lowest BCUT2D eigenvalue weighted by molar-refractivity contribution is -0.384. The predicted octanol–water partition coefficient (Wildman–Crippen LogP) is 0.495. The average molecular weight is 403 g/mol. The third-order valence-electron chi connectivity index (χ3n) is 4.31. The summed E-state index contributed by atoms with van der Waals surface area (Å²) in [6, 6.07) is 2.50. The third kappa shape index (κ3) is 5.24. The summed E-state index contributed by atoms with van der Waals surface area (Å²) in [5.41, 5.74) is 5.26. The molecular formula is C15H22N3O8P. The number of hydrogen-bond donors (Lipinski definition) is 4. The van der Waals surface area contributed by atoms with Crippen LogP contribution in [-0.2, 0) is 14.1 Å². The van der Waals surface area contributed by atoms with Gasteiger partial charge in [-0.15, -0.1) is 0 Å². The fraction of sp³-hybridized carbons (Fsp3) is 0.533. The van der Waals surface area contributed by atoms with E-state index >= 15 is 0 Å². The fourth-order valence-corrected chi connectivity index (χ4v) is 4.24. The molecule has 0 radical (unpaired) electrons. The van der Waals surface area contributed by atoms with E-state index in [1.807, 2.05) is 0 Å². The van der Waals surface area contributed by atoms with Crippen molar-refractivity contribution in [2.24, 2.45) is 5.73 Å². The van der Waals surface area contributed by atoms with E-state index in [0.717, 1.165) is 6.07 Å². The van der Waals surface area contributed by atoms with E-state index < -0.39 is 36.3 Å². The summed E-state index contributed by atoms with van der Waals surface area (Å²) in [6.07, 6.45) is -0.839. The number of aliphatic hydroxyl groups is 1. The van der Waals surface area contributed by atoms with Crippen LogP contribution in [0.4, 0.5) is 11.4 Å². The Bertz CT molecular complexity index is 753. The molecule has 1 aliphatic rings. The van der Waals surface area contributed by atoms with Crippen molar-refractivity contribution >= 4 is 24.7 Å². The van der Waals surface area contributed by atoms with Crippen molar-refractivity contribution in [3.63, 3.8) is 0 Å². The molecule has 5 N–H and O–H groups in total. The van der Waals surface area contributed by atoms with Crippen molar-refractivity contribution in [2.45, 2.75) is 18.3 Å². The van der Waals surface area contributed by atoms with Gasteiger partial charge in [0.15, 0.2) is 5.85 Å². The molecule has 1 saturated heterocycles. The van der Waals surface area contributed by atoms with Crippen molar-refractivity contribution in [2.75, 3.05) is 37.4 Å². The lowest BCUT2D eigenvalue weighted by Gasteiger charge is -2.29. The second-order valence-electron chi connectivity index (χ2n) is 6.19. The molecule has 0 bridgehead atoms. The minimum absolute atomic E-state index is 0.0894. The minimum Gasteiger partial charge on any atom is -0.480 e. The highest BCUT2D eigenvalue weighted by molar-refractivity contribution is 7.58. The van der Waals surface area contributed by atoms with E-state index in [1.54, 1.807) is 4.90 Å². The maximum absolute atomic E-state index is 12.4. The largest absolute Gasteiger partial charge is 0.480 e. The fourth-order valence-electron chi connectivity index (χ4n) is 2.72. The second kappa shape index (κ2) is 8.77. The first-order valence-corrected chi connectivity index (χ1v) is 10.1. The highest BCUT2D eigenvalue weighted by Crippen LogP contribution is 2.55. The first kappa shape index (κ1) is 21.3. The van der Waals surface area contributed by atoms with Gasteiger partial charge in [-0.3, -0.25) is 19.5 Å². The van der Waals surface area contributed by atoms with Crippen LogP contribution in [0.1, 0.15) is 17.8 Å². The van der Waals surface area contributed by atoms with Gasteiger partial charge in [0.1, 0.15) is 11.7 Å². The van der Waals surface area contributed by atoms with Crippen molar-refractivity contribution in [1.82, 2.24) is 0 Å². The zero-order chi connectivity index (χ0) is 20.2. The highest BCUT2D eigenvalue weighted by Gasteiger charge is 2.33. The number of carboxylic acids is 1. The van der Waals surface area contributed by atoms with Crippen molar-refractivity contribution in [3.8, 4) is 0 Å². The molecule has 1 aromatic carbocycles. The van der Waals surface area contributed by atoms with Crippen molar-refractivity contribution in [3.05, 3.63) is 33.9 Å². The smallest absolute Gasteiger partial charge is 0.320 e. The third-order valence-corrected chi connectivity index (χ3v) is 6.27. The van der Waals surface area contributed by atoms with E-state index in [4.69, 9.17) is 15.6 Å². The summed E-state index contributed by atoms with van der Waals surface area (Å²) in [7, 11) is -4.24. The molecule has 0 spiro atoms. The predicted molar refractivity (Wildman–Crippen MR) is 96.0 cm³/mol. The Kier molecular flexibility index (Phi) is 6.90. The van der Waals surface area contributed by atoms with Crippen LogP contribution in [0.5, 0.6) is 0 Å². The van der Waals surface area contributed by atoms with Gasteiger partial charge >= 0.3 is 5.97 Å². The Hall–Kier alpha value is -2.04. The minimum atomic E-state index is -4.24. The summed E-state index contributed by atoms with van der Waals surface area (Å²) >= 11 is 0.